The highest BCUT2D eigenvalue weighted by molar-refractivity contribution is 7.89. The summed E-state index contributed by atoms with van der Waals surface area (Å²) in [5.74, 6) is 0.524. The number of rotatable bonds is 12. The number of sulfonamides is 1. The number of hydrogen-bond acceptors (Lipinski definition) is 6. The maximum atomic E-state index is 12.5. The number of aliphatic imine (C=N–C) groups is 1. The fourth-order valence-electron chi connectivity index (χ4n) is 2.77. The van der Waals surface area contributed by atoms with Gasteiger partial charge in [0.25, 0.3) is 0 Å². The quantitative estimate of drug-likeness (QED) is 0.250. The first-order valence-electron chi connectivity index (χ1n) is 10.6. The third kappa shape index (κ3) is 10.1. The van der Waals surface area contributed by atoms with E-state index in [1.807, 2.05) is 25.7 Å². The van der Waals surface area contributed by atoms with Gasteiger partial charge in [0.1, 0.15) is 6.54 Å². The Morgan fingerprint density at radius 2 is 1.83 bits per heavy atom. The molecule has 0 unspecified atom stereocenters. The molecule has 0 aromatic carbocycles. The molecule has 0 spiro atoms. The Bertz CT molecular complexity index is 631. The number of likely N-dealkylation sites (N-methyl/N-ethyl adjacent to an activating group) is 1. The molecule has 1 amide bonds. The van der Waals surface area contributed by atoms with Gasteiger partial charge in [0, 0.05) is 60.0 Å². The number of nitrogens with one attached hydrogen (secondary N) is 1. The summed E-state index contributed by atoms with van der Waals surface area (Å²) < 4.78 is 37.3. The largest absolute Gasteiger partial charge is 0.382 e. The van der Waals surface area contributed by atoms with Crippen molar-refractivity contribution in [2.75, 3.05) is 78.9 Å². The minimum Gasteiger partial charge on any atom is -0.382 e. The molecule has 30 heavy (non-hydrogen) atoms. The molecule has 176 valence electrons. The molecule has 0 aromatic heterocycles. The Hall–Kier alpha value is -1.43. The first-order chi connectivity index (χ1) is 14.2. The van der Waals surface area contributed by atoms with E-state index in [0.717, 1.165) is 6.42 Å². The highest BCUT2D eigenvalue weighted by Crippen LogP contribution is 2.09. The number of carbonyl (C=O) groups is 1. The molecular formula is C19H39N5O5S. The SMILES string of the molecule is CCOCCCNC(=NCC(=O)N(C)C)N1CCN(S(=O)(=O)CCOC(C)C)CC1. The summed E-state index contributed by atoms with van der Waals surface area (Å²) in [4.78, 5) is 19.9. The Kier molecular flexibility index (Phi) is 12.2. The number of ether oxygens (including phenoxy) is 2. The monoisotopic (exact) mass is 449 g/mol. The molecule has 10 nitrogen and oxygen atoms in total. The standard InChI is InChI=1S/C19H39N5O5S/c1-6-28-13-7-8-20-19(21-16-18(25)22(4)5)23-9-11-24(12-10-23)30(26,27)15-14-29-17(2)3/h17H,6-16H2,1-5H3,(H,20,21). The van der Waals surface area contributed by atoms with Crippen LogP contribution in [0.1, 0.15) is 27.2 Å². The van der Waals surface area contributed by atoms with Gasteiger partial charge in [-0.1, -0.05) is 0 Å². The van der Waals surface area contributed by atoms with Crippen molar-refractivity contribution in [3.8, 4) is 0 Å². The van der Waals surface area contributed by atoms with E-state index >= 15 is 0 Å². The zero-order chi connectivity index (χ0) is 22.6. The minimum absolute atomic E-state index is 0.00879. The van der Waals surface area contributed by atoms with Crippen molar-refractivity contribution in [2.45, 2.75) is 33.3 Å². The van der Waals surface area contributed by atoms with Crippen LogP contribution in [-0.4, -0.2) is 119 Å². The zero-order valence-corrected chi connectivity index (χ0v) is 19.9. The van der Waals surface area contributed by atoms with Crippen molar-refractivity contribution < 1.29 is 22.7 Å². The topological polar surface area (TPSA) is 104 Å². The Morgan fingerprint density at radius 1 is 1.17 bits per heavy atom. The molecule has 11 heteroatoms. The fraction of sp³-hybridized carbons (Fsp3) is 0.895. The first kappa shape index (κ1) is 26.6. The van der Waals surface area contributed by atoms with Gasteiger partial charge >= 0.3 is 0 Å². The molecule has 1 N–H and O–H groups in total. The lowest BCUT2D eigenvalue weighted by Gasteiger charge is -2.36. The van der Waals surface area contributed by atoms with E-state index in [1.165, 1.54) is 9.21 Å². The normalized spacial score (nSPS) is 16.2. The average Bonchev–Trinajstić information content (AvgIpc) is 2.69. The molecule has 0 saturated carbocycles. The van der Waals surface area contributed by atoms with E-state index in [0.29, 0.717) is 51.9 Å². The van der Waals surface area contributed by atoms with Crippen LogP contribution in [0.5, 0.6) is 0 Å². The molecule has 1 rings (SSSR count). The van der Waals surface area contributed by atoms with Crippen LogP contribution in [0.3, 0.4) is 0 Å². The van der Waals surface area contributed by atoms with E-state index in [1.54, 1.807) is 14.1 Å². The fourth-order valence-corrected chi connectivity index (χ4v) is 4.05. The second-order valence-electron chi connectivity index (χ2n) is 7.53. The molecule has 1 fully saturated rings. The van der Waals surface area contributed by atoms with Crippen LogP contribution < -0.4 is 5.32 Å². The lowest BCUT2D eigenvalue weighted by Crippen LogP contribution is -2.54. The highest BCUT2D eigenvalue weighted by Gasteiger charge is 2.28. The van der Waals surface area contributed by atoms with Gasteiger partial charge in [0.05, 0.1) is 18.5 Å². The van der Waals surface area contributed by atoms with E-state index < -0.39 is 10.0 Å². The van der Waals surface area contributed by atoms with Crippen LogP contribution in [0.25, 0.3) is 0 Å². The molecule has 1 aliphatic heterocycles. The molecule has 0 atom stereocenters. The van der Waals surface area contributed by atoms with Gasteiger partial charge in [0.2, 0.25) is 15.9 Å². The van der Waals surface area contributed by atoms with Crippen molar-refractivity contribution in [1.82, 2.24) is 19.4 Å². The van der Waals surface area contributed by atoms with E-state index in [2.05, 4.69) is 10.3 Å². The lowest BCUT2D eigenvalue weighted by molar-refractivity contribution is -0.127. The summed E-state index contributed by atoms with van der Waals surface area (Å²) >= 11 is 0. The summed E-state index contributed by atoms with van der Waals surface area (Å²) in [5.41, 5.74) is 0. The number of hydrogen-bond donors (Lipinski definition) is 1. The second kappa shape index (κ2) is 13.8. The summed E-state index contributed by atoms with van der Waals surface area (Å²) in [5, 5.41) is 3.28. The maximum Gasteiger partial charge on any atom is 0.243 e. The van der Waals surface area contributed by atoms with Gasteiger partial charge in [-0.15, -0.1) is 0 Å². The summed E-state index contributed by atoms with van der Waals surface area (Å²) in [6.45, 7) is 9.74. The second-order valence-corrected chi connectivity index (χ2v) is 9.62. The van der Waals surface area contributed by atoms with Crippen molar-refractivity contribution >= 4 is 21.9 Å². The predicted octanol–water partition coefficient (Wildman–Crippen LogP) is -0.181. The van der Waals surface area contributed by atoms with Crippen molar-refractivity contribution in [3.05, 3.63) is 0 Å². The molecule has 0 bridgehead atoms. The van der Waals surface area contributed by atoms with Crippen LogP contribution in [0.4, 0.5) is 0 Å². The van der Waals surface area contributed by atoms with Gasteiger partial charge in [0.15, 0.2) is 5.96 Å². The van der Waals surface area contributed by atoms with Crippen LogP contribution in [0, 0.1) is 0 Å². The summed E-state index contributed by atoms with van der Waals surface area (Å²) in [6.07, 6.45) is 0.827. The molecule has 0 aliphatic carbocycles. The first-order valence-corrected chi connectivity index (χ1v) is 12.2. The number of nitrogens with zero attached hydrogens (tertiary/aromatic N) is 4. The number of piperazine rings is 1. The third-order valence-corrected chi connectivity index (χ3v) is 6.37. The molecule has 1 heterocycles. The van der Waals surface area contributed by atoms with Crippen LogP contribution in [-0.2, 0) is 24.3 Å². The van der Waals surface area contributed by atoms with E-state index in [9.17, 15) is 13.2 Å². The number of amides is 1. The van der Waals surface area contributed by atoms with Gasteiger partial charge in [-0.3, -0.25) is 4.79 Å². The summed E-state index contributed by atoms with van der Waals surface area (Å²) in [6, 6.07) is 0. The van der Waals surface area contributed by atoms with Gasteiger partial charge in [-0.2, -0.15) is 4.31 Å². The third-order valence-electron chi connectivity index (χ3n) is 4.54. The van der Waals surface area contributed by atoms with Gasteiger partial charge in [-0.05, 0) is 27.2 Å². The number of carbonyl (C=O) groups excluding carboxylic acids is 1. The van der Waals surface area contributed by atoms with E-state index in [4.69, 9.17) is 9.47 Å². The van der Waals surface area contributed by atoms with Crippen molar-refractivity contribution in [1.29, 1.82) is 0 Å². The lowest BCUT2D eigenvalue weighted by atomic mass is 10.3. The number of guanidine groups is 1. The minimum atomic E-state index is -3.35. The molecule has 1 aliphatic rings. The van der Waals surface area contributed by atoms with Gasteiger partial charge < -0.3 is 24.6 Å². The molecule has 0 aromatic rings. The van der Waals surface area contributed by atoms with Crippen molar-refractivity contribution in [3.63, 3.8) is 0 Å². The zero-order valence-electron chi connectivity index (χ0n) is 19.1. The van der Waals surface area contributed by atoms with Crippen LogP contribution >= 0.6 is 0 Å². The maximum absolute atomic E-state index is 12.5. The van der Waals surface area contributed by atoms with Crippen LogP contribution in [0.2, 0.25) is 0 Å². The van der Waals surface area contributed by atoms with Crippen LogP contribution in [0.15, 0.2) is 4.99 Å². The highest BCUT2D eigenvalue weighted by atomic mass is 32.2. The molecule has 1 saturated heterocycles. The Balaban J connectivity index is 2.64. The Morgan fingerprint density at radius 3 is 2.40 bits per heavy atom. The van der Waals surface area contributed by atoms with Gasteiger partial charge in [-0.25, -0.2) is 13.4 Å². The predicted molar refractivity (Wildman–Crippen MR) is 118 cm³/mol. The van der Waals surface area contributed by atoms with E-state index in [-0.39, 0.29) is 30.9 Å². The smallest absolute Gasteiger partial charge is 0.243 e. The Labute approximate surface area is 181 Å². The van der Waals surface area contributed by atoms with Crippen molar-refractivity contribution in [2.24, 2.45) is 4.99 Å². The summed E-state index contributed by atoms with van der Waals surface area (Å²) in [7, 11) is 0.0400. The molecular weight excluding hydrogens is 410 g/mol. The average molecular weight is 450 g/mol. The molecule has 0 radical (unpaired) electrons.